The Hall–Kier alpha value is -2.27. The molecule has 1 heterocycles. The number of ether oxygens (including phenoxy) is 1. The highest BCUT2D eigenvalue weighted by Crippen LogP contribution is 2.25. The van der Waals surface area contributed by atoms with Crippen molar-refractivity contribution in [3.63, 3.8) is 0 Å². The van der Waals surface area contributed by atoms with Gasteiger partial charge in [0.1, 0.15) is 5.75 Å². The molecule has 0 bridgehead atoms. The number of hydrogen-bond acceptors (Lipinski definition) is 3. The summed E-state index contributed by atoms with van der Waals surface area (Å²) < 4.78 is 8.44. The summed E-state index contributed by atoms with van der Waals surface area (Å²) in [7, 11) is 1.69. The van der Waals surface area contributed by atoms with Crippen LogP contribution < -0.4 is 10.1 Å². The molecule has 0 spiro atoms. The van der Waals surface area contributed by atoms with Crippen molar-refractivity contribution in [1.82, 2.24) is 9.55 Å². The standard InChI is InChI=1S/C17H16BrN3O/c1-22-17-7-6-14(18)10-13(17)11-20-15-4-2-3-5-16(15)21-9-8-19-12-21/h2-10,12,20H,11H2,1H3. The summed E-state index contributed by atoms with van der Waals surface area (Å²) in [5.41, 5.74) is 3.20. The third kappa shape index (κ3) is 3.14. The molecule has 3 rings (SSSR count). The second-order valence-electron chi connectivity index (χ2n) is 4.80. The molecule has 0 unspecified atom stereocenters. The maximum Gasteiger partial charge on any atom is 0.123 e. The van der Waals surface area contributed by atoms with E-state index in [2.05, 4.69) is 44.4 Å². The zero-order chi connectivity index (χ0) is 15.4. The first-order chi connectivity index (χ1) is 10.8. The molecule has 22 heavy (non-hydrogen) atoms. The fraction of sp³-hybridized carbons (Fsp3) is 0.118. The lowest BCUT2D eigenvalue weighted by molar-refractivity contribution is 0.410. The van der Waals surface area contributed by atoms with Crippen LogP contribution in [0.1, 0.15) is 5.56 Å². The number of aromatic nitrogens is 2. The van der Waals surface area contributed by atoms with Crippen LogP contribution in [-0.4, -0.2) is 16.7 Å². The number of hydrogen-bond donors (Lipinski definition) is 1. The predicted molar refractivity (Wildman–Crippen MR) is 91.6 cm³/mol. The summed E-state index contributed by atoms with van der Waals surface area (Å²) in [5.74, 6) is 0.871. The number of halogens is 1. The minimum Gasteiger partial charge on any atom is -0.496 e. The van der Waals surface area contributed by atoms with Crippen LogP contribution in [0.2, 0.25) is 0 Å². The molecule has 0 atom stereocenters. The molecule has 0 radical (unpaired) electrons. The monoisotopic (exact) mass is 357 g/mol. The number of imidazole rings is 1. The number of nitrogens with one attached hydrogen (secondary N) is 1. The Kier molecular flexibility index (Phi) is 4.44. The third-order valence-corrected chi connectivity index (χ3v) is 3.89. The van der Waals surface area contributed by atoms with E-state index in [0.29, 0.717) is 6.54 Å². The first-order valence-electron chi connectivity index (χ1n) is 6.91. The lowest BCUT2D eigenvalue weighted by atomic mass is 10.2. The largest absolute Gasteiger partial charge is 0.496 e. The molecule has 3 aromatic rings. The van der Waals surface area contributed by atoms with E-state index in [9.17, 15) is 0 Å². The topological polar surface area (TPSA) is 39.1 Å². The molecule has 0 aliphatic carbocycles. The number of methoxy groups -OCH3 is 1. The molecule has 1 N–H and O–H groups in total. The molecule has 0 amide bonds. The van der Waals surface area contributed by atoms with Crippen LogP contribution in [0.4, 0.5) is 5.69 Å². The van der Waals surface area contributed by atoms with E-state index in [1.54, 1.807) is 19.6 Å². The summed E-state index contributed by atoms with van der Waals surface area (Å²) in [4.78, 5) is 4.11. The lowest BCUT2D eigenvalue weighted by Crippen LogP contribution is -2.05. The molecule has 0 aliphatic heterocycles. The molecule has 0 saturated carbocycles. The van der Waals surface area contributed by atoms with Crippen LogP contribution in [0.25, 0.3) is 5.69 Å². The molecular formula is C17H16BrN3O. The molecule has 5 heteroatoms. The van der Waals surface area contributed by atoms with E-state index >= 15 is 0 Å². The molecule has 0 saturated heterocycles. The quantitative estimate of drug-likeness (QED) is 0.741. The van der Waals surface area contributed by atoms with Gasteiger partial charge in [-0.3, -0.25) is 0 Å². The average Bonchev–Trinajstić information content (AvgIpc) is 3.07. The van der Waals surface area contributed by atoms with Gasteiger partial charge in [-0.1, -0.05) is 28.1 Å². The number of para-hydroxylation sites is 2. The van der Waals surface area contributed by atoms with Crippen LogP contribution in [0.5, 0.6) is 5.75 Å². The summed E-state index contributed by atoms with van der Waals surface area (Å²) in [5, 5.41) is 3.47. The number of anilines is 1. The summed E-state index contributed by atoms with van der Waals surface area (Å²) in [6.45, 7) is 0.675. The molecule has 0 aliphatic rings. The summed E-state index contributed by atoms with van der Waals surface area (Å²) in [6.07, 6.45) is 5.49. The van der Waals surface area contributed by atoms with Gasteiger partial charge in [0, 0.05) is 29.0 Å². The average molecular weight is 358 g/mol. The van der Waals surface area contributed by atoms with Crippen molar-refractivity contribution in [2.45, 2.75) is 6.54 Å². The van der Waals surface area contributed by atoms with Gasteiger partial charge in [0.05, 0.1) is 24.8 Å². The number of nitrogens with zero attached hydrogens (tertiary/aromatic N) is 2. The maximum atomic E-state index is 5.42. The van der Waals surface area contributed by atoms with Crippen molar-refractivity contribution in [2.75, 3.05) is 12.4 Å². The molecule has 112 valence electrons. The molecule has 4 nitrogen and oxygen atoms in total. The minimum absolute atomic E-state index is 0.675. The number of benzene rings is 2. The molecule has 0 fully saturated rings. The Morgan fingerprint density at radius 1 is 1.23 bits per heavy atom. The zero-order valence-electron chi connectivity index (χ0n) is 12.2. The van der Waals surface area contributed by atoms with Gasteiger partial charge < -0.3 is 14.6 Å². The fourth-order valence-corrected chi connectivity index (χ4v) is 2.73. The summed E-state index contributed by atoms with van der Waals surface area (Å²) >= 11 is 3.50. The SMILES string of the molecule is COc1ccc(Br)cc1CNc1ccccc1-n1ccnc1. The number of rotatable bonds is 5. The highest BCUT2D eigenvalue weighted by atomic mass is 79.9. The van der Waals surface area contributed by atoms with E-state index < -0.39 is 0 Å². The van der Waals surface area contributed by atoms with Crippen molar-refractivity contribution in [3.8, 4) is 11.4 Å². The van der Waals surface area contributed by atoms with Crippen LogP contribution in [0, 0.1) is 0 Å². The van der Waals surface area contributed by atoms with E-state index in [4.69, 9.17) is 4.74 Å². The van der Waals surface area contributed by atoms with Crippen molar-refractivity contribution in [2.24, 2.45) is 0 Å². The predicted octanol–water partition coefficient (Wildman–Crippen LogP) is 4.26. The van der Waals surface area contributed by atoms with Gasteiger partial charge in [0.2, 0.25) is 0 Å². The Labute approximate surface area is 137 Å². The second kappa shape index (κ2) is 6.66. The van der Waals surface area contributed by atoms with Crippen molar-refractivity contribution in [3.05, 3.63) is 71.2 Å². The van der Waals surface area contributed by atoms with Gasteiger partial charge in [-0.2, -0.15) is 0 Å². The molecule has 2 aromatic carbocycles. The van der Waals surface area contributed by atoms with Crippen LogP contribution >= 0.6 is 15.9 Å². The second-order valence-corrected chi connectivity index (χ2v) is 5.71. The first kappa shape index (κ1) is 14.7. The minimum atomic E-state index is 0.675. The van der Waals surface area contributed by atoms with E-state index in [1.165, 1.54) is 0 Å². The smallest absolute Gasteiger partial charge is 0.123 e. The fourth-order valence-electron chi connectivity index (χ4n) is 2.33. The summed E-state index contributed by atoms with van der Waals surface area (Å²) in [6, 6.07) is 14.1. The van der Waals surface area contributed by atoms with Gasteiger partial charge >= 0.3 is 0 Å². The highest BCUT2D eigenvalue weighted by Gasteiger charge is 2.06. The van der Waals surface area contributed by atoms with Crippen LogP contribution in [-0.2, 0) is 6.54 Å². The van der Waals surface area contributed by atoms with Gasteiger partial charge in [-0.05, 0) is 30.3 Å². The lowest BCUT2D eigenvalue weighted by Gasteiger charge is -2.14. The van der Waals surface area contributed by atoms with Crippen LogP contribution in [0.15, 0.2) is 65.7 Å². The normalized spacial score (nSPS) is 10.5. The van der Waals surface area contributed by atoms with Crippen molar-refractivity contribution >= 4 is 21.6 Å². The Balaban J connectivity index is 1.85. The highest BCUT2D eigenvalue weighted by molar-refractivity contribution is 9.10. The van der Waals surface area contributed by atoms with Gasteiger partial charge in [0.15, 0.2) is 0 Å². The molecule has 1 aromatic heterocycles. The zero-order valence-corrected chi connectivity index (χ0v) is 13.7. The van der Waals surface area contributed by atoms with Gasteiger partial charge in [0.25, 0.3) is 0 Å². The Morgan fingerprint density at radius 3 is 2.86 bits per heavy atom. The maximum absolute atomic E-state index is 5.42. The van der Waals surface area contributed by atoms with E-state index in [1.807, 2.05) is 35.0 Å². The third-order valence-electron chi connectivity index (χ3n) is 3.40. The van der Waals surface area contributed by atoms with Gasteiger partial charge in [-0.25, -0.2) is 4.98 Å². The van der Waals surface area contributed by atoms with E-state index in [-0.39, 0.29) is 0 Å². The Bertz CT molecular complexity index is 756. The van der Waals surface area contributed by atoms with Crippen molar-refractivity contribution < 1.29 is 4.74 Å². The van der Waals surface area contributed by atoms with Gasteiger partial charge in [-0.15, -0.1) is 0 Å². The molecular weight excluding hydrogens is 342 g/mol. The van der Waals surface area contributed by atoms with Crippen molar-refractivity contribution in [1.29, 1.82) is 0 Å². The first-order valence-corrected chi connectivity index (χ1v) is 7.71. The Morgan fingerprint density at radius 2 is 2.09 bits per heavy atom. The van der Waals surface area contributed by atoms with Crippen LogP contribution in [0.3, 0.4) is 0 Å². The van der Waals surface area contributed by atoms with E-state index in [0.717, 1.165) is 27.2 Å².